The molecule has 0 radical (unpaired) electrons. The number of halogens is 1. The molecule has 1 fully saturated rings. The van der Waals surface area contributed by atoms with E-state index in [1.807, 2.05) is 6.20 Å². The van der Waals surface area contributed by atoms with Crippen LogP contribution in [0.3, 0.4) is 0 Å². The van der Waals surface area contributed by atoms with Crippen LogP contribution >= 0.6 is 22.6 Å². The normalized spacial score (nSPS) is 20.9. The predicted molar refractivity (Wildman–Crippen MR) is 68.7 cm³/mol. The lowest BCUT2D eigenvalue weighted by molar-refractivity contribution is 0.546. The zero-order valence-electron chi connectivity index (χ0n) is 8.56. The summed E-state index contributed by atoms with van der Waals surface area (Å²) in [4.78, 5) is 10.7. The molecule has 0 aliphatic carbocycles. The van der Waals surface area contributed by atoms with Crippen LogP contribution in [0.15, 0.2) is 12.5 Å². The summed E-state index contributed by atoms with van der Waals surface area (Å²) in [6.07, 6.45) is 5.84. The number of anilines is 1. The number of aromatic nitrogens is 2. The Kier molecular flexibility index (Phi) is 3.74. The highest BCUT2D eigenvalue weighted by molar-refractivity contribution is 14.1. The van der Waals surface area contributed by atoms with Crippen LogP contribution in [0.25, 0.3) is 0 Å². The van der Waals surface area contributed by atoms with E-state index in [1.165, 1.54) is 6.42 Å². The highest BCUT2D eigenvalue weighted by Gasteiger charge is 2.23. The summed E-state index contributed by atoms with van der Waals surface area (Å²) in [7, 11) is 0. The maximum Gasteiger partial charge on any atom is 0.145 e. The van der Waals surface area contributed by atoms with Crippen molar-refractivity contribution in [1.29, 1.82) is 0 Å². The van der Waals surface area contributed by atoms with E-state index in [0.29, 0.717) is 0 Å². The zero-order chi connectivity index (χ0) is 10.7. The first-order valence-electron chi connectivity index (χ1n) is 5.21. The summed E-state index contributed by atoms with van der Waals surface area (Å²) in [5.74, 6) is 1.81. The SMILES string of the molecule is NCCC1CCN(c2ncncc2I)C1. The summed E-state index contributed by atoms with van der Waals surface area (Å²) in [5.41, 5.74) is 5.58. The average Bonchev–Trinajstić information content (AvgIpc) is 2.68. The minimum atomic E-state index is 0.737. The van der Waals surface area contributed by atoms with E-state index in [-0.39, 0.29) is 0 Å². The van der Waals surface area contributed by atoms with E-state index in [0.717, 1.165) is 41.4 Å². The van der Waals surface area contributed by atoms with E-state index in [4.69, 9.17) is 5.73 Å². The summed E-state index contributed by atoms with van der Waals surface area (Å²) in [5, 5.41) is 0. The average molecular weight is 318 g/mol. The molecular formula is C10H15IN4. The number of nitrogens with two attached hydrogens (primary N) is 1. The summed E-state index contributed by atoms with van der Waals surface area (Å²) >= 11 is 2.29. The van der Waals surface area contributed by atoms with Gasteiger partial charge in [-0.1, -0.05) is 0 Å². The van der Waals surface area contributed by atoms with Crippen LogP contribution in [0.4, 0.5) is 5.82 Å². The Morgan fingerprint density at radius 1 is 1.60 bits per heavy atom. The quantitative estimate of drug-likeness (QED) is 0.853. The molecule has 1 aliphatic rings. The van der Waals surface area contributed by atoms with Crippen molar-refractivity contribution in [3.63, 3.8) is 0 Å². The Morgan fingerprint density at radius 3 is 3.20 bits per heavy atom. The van der Waals surface area contributed by atoms with Crippen molar-refractivity contribution < 1.29 is 0 Å². The molecule has 1 unspecified atom stereocenters. The van der Waals surface area contributed by atoms with Crippen LogP contribution < -0.4 is 10.6 Å². The maximum atomic E-state index is 5.58. The molecule has 2 N–H and O–H groups in total. The number of hydrogen-bond donors (Lipinski definition) is 1. The van der Waals surface area contributed by atoms with Gasteiger partial charge in [-0.05, 0) is 47.9 Å². The lowest BCUT2D eigenvalue weighted by Crippen LogP contribution is -2.22. The van der Waals surface area contributed by atoms with Crippen LogP contribution in [-0.2, 0) is 0 Å². The van der Waals surface area contributed by atoms with E-state index in [1.54, 1.807) is 6.33 Å². The molecule has 0 saturated carbocycles. The fraction of sp³-hybridized carbons (Fsp3) is 0.600. The van der Waals surface area contributed by atoms with Crippen LogP contribution in [-0.4, -0.2) is 29.6 Å². The minimum Gasteiger partial charge on any atom is -0.355 e. The lowest BCUT2D eigenvalue weighted by atomic mass is 10.1. The van der Waals surface area contributed by atoms with Crippen molar-refractivity contribution in [1.82, 2.24) is 9.97 Å². The second-order valence-electron chi connectivity index (χ2n) is 3.87. The smallest absolute Gasteiger partial charge is 0.145 e. The van der Waals surface area contributed by atoms with Crippen molar-refractivity contribution in [3.8, 4) is 0 Å². The van der Waals surface area contributed by atoms with Crippen LogP contribution in [0.5, 0.6) is 0 Å². The highest BCUT2D eigenvalue weighted by atomic mass is 127. The third-order valence-electron chi connectivity index (χ3n) is 2.81. The van der Waals surface area contributed by atoms with Gasteiger partial charge in [-0.2, -0.15) is 0 Å². The summed E-state index contributed by atoms with van der Waals surface area (Å²) in [6, 6.07) is 0. The van der Waals surface area contributed by atoms with E-state index >= 15 is 0 Å². The van der Waals surface area contributed by atoms with E-state index in [9.17, 15) is 0 Å². The molecule has 1 atom stereocenters. The van der Waals surface area contributed by atoms with Gasteiger partial charge in [-0.3, -0.25) is 0 Å². The Morgan fingerprint density at radius 2 is 2.47 bits per heavy atom. The molecule has 0 bridgehead atoms. The van der Waals surface area contributed by atoms with E-state index in [2.05, 4.69) is 37.5 Å². The van der Waals surface area contributed by atoms with Crippen molar-refractivity contribution in [3.05, 3.63) is 16.1 Å². The molecule has 1 saturated heterocycles. The second kappa shape index (κ2) is 5.07. The molecule has 0 amide bonds. The van der Waals surface area contributed by atoms with Gasteiger partial charge in [-0.15, -0.1) is 0 Å². The van der Waals surface area contributed by atoms with Crippen molar-refractivity contribution in [2.75, 3.05) is 24.5 Å². The van der Waals surface area contributed by atoms with Gasteiger partial charge < -0.3 is 10.6 Å². The number of rotatable bonds is 3. The molecule has 5 heteroatoms. The monoisotopic (exact) mass is 318 g/mol. The molecule has 1 aromatic rings. The molecule has 2 rings (SSSR count). The molecule has 1 aliphatic heterocycles. The Hall–Kier alpha value is -0.430. The van der Waals surface area contributed by atoms with Gasteiger partial charge in [0.1, 0.15) is 12.1 Å². The molecule has 15 heavy (non-hydrogen) atoms. The Balaban J connectivity index is 2.04. The number of hydrogen-bond acceptors (Lipinski definition) is 4. The van der Waals surface area contributed by atoms with Gasteiger partial charge in [-0.25, -0.2) is 9.97 Å². The van der Waals surface area contributed by atoms with Gasteiger partial charge in [0.05, 0.1) is 3.57 Å². The van der Waals surface area contributed by atoms with Crippen molar-refractivity contribution in [2.45, 2.75) is 12.8 Å². The molecule has 4 nitrogen and oxygen atoms in total. The van der Waals surface area contributed by atoms with Crippen molar-refractivity contribution in [2.24, 2.45) is 11.7 Å². The topological polar surface area (TPSA) is 55.0 Å². The molecule has 82 valence electrons. The fourth-order valence-corrected chi connectivity index (χ4v) is 2.68. The molecular weight excluding hydrogens is 303 g/mol. The zero-order valence-corrected chi connectivity index (χ0v) is 10.7. The van der Waals surface area contributed by atoms with Gasteiger partial charge in [0.2, 0.25) is 0 Å². The van der Waals surface area contributed by atoms with Crippen LogP contribution in [0.1, 0.15) is 12.8 Å². The fourth-order valence-electron chi connectivity index (χ4n) is 2.04. The molecule has 2 heterocycles. The standard InChI is InChI=1S/C10H15IN4/c11-9-5-13-7-14-10(9)15-4-2-8(6-15)1-3-12/h5,7-8H,1-4,6,12H2. The van der Waals surface area contributed by atoms with E-state index < -0.39 is 0 Å². The van der Waals surface area contributed by atoms with Gasteiger partial charge >= 0.3 is 0 Å². The minimum absolute atomic E-state index is 0.737. The molecule has 0 aromatic carbocycles. The third-order valence-corrected chi connectivity index (χ3v) is 3.57. The van der Waals surface area contributed by atoms with Gasteiger partial charge in [0.15, 0.2) is 0 Å². The third kappa shape index (κ3) is 2.57. The summed E-state index contributed by atoms with van der Waals surface area (Å²) in [6.45, 7) is 2.97. The molecule has 0 spiro atoms. The second-order valence-corrected chi connectivity index (χ2v) is 5.03. The van der Waals surface area contributed by atoms with Crippen LogP contribution in [0.2, 0.25) is 0 Å². The highest BCUT2D eigenvalue weighted by Crippen LogP contribution is 2.26. The Labute approximate surface area is 103 Å². The van der Waals surface area contributed by atoms with Gasteiger partial charge in [0.25, 0.3) is 0 Å². The maximum absolute atomic E-state index is 5.58. The first-order chi connectivity index (χ1) is 7.31. The van der Waals surface area contributed by atoms with Crippen molar-refractivity contribution >= 4 is 28.4 Å². The first-order valence-corrected chi connectivity index (χ1v) is 6.29. The van der Waals surface area contributed by atoms with Gasteiger partial charge in [0, 0.05) is 19.3 Å². The van der Waals surface area contributed by atoms with Crippen LogP contribution in [0, 0.1) is 9.49 Å². The number of nitrogens with zero attached hydrogens (tertiary/aromatic N) is 3. The summed E-state index contributed by atoms with van der Waals surface area (Å²) < 4.78 is 1.13. The largest absolute Gasteiger partial charge is 0.355 e. The predicted octanol–water partition coefficient (Wildman–Crippen LogP) is 1.26. The molecule has 1 aromatic heterocycles. The lowest BCUT2D eigenvalue weighted by Gasteiger charge is -2.18. The Bertz CT molecular complexity index is 331. The first kappa shape index (κ1) is 11.1.